The summed E-state index contributed by atoms with van der Waals surface area (Å²) in [6, 6.07) is 48.7. The summed E-state index contributed by atoms with van der Waals surface area (Å²) in [5.41, 5.74) is 9.69. The van der Waals surface area contributed by atoms with Gasteiger partial charge in [-0.1, -0.05) is 81.4 Å². The standard InChI is InChI=1S/C40H32N2S/c1-40(2,3)28-16-21-37-34(24-28)33-23-27(15-20-36(33)42(37)31-9-5-4-6-10-31)26-13-17-29(18-14-26)41-30-19-22-39-35(25-30)32-11-7-8-12-38(32)43-39/h4-25,41H,1-3H3. The molecule has 0 amide bonds. The highest BCUT2D eigenvalue weighted by atomic mass is 32.1. The molecule has 6 aromatic carbocycles. The molecule has 0 aliphatic heterocycles. The second kappa shape index (κ2) is 9.86. The largest absolute Gasteiger partial charge is 0.356 e. The second-order valence-corrected chi connectivity index (χ2v) is 13.5. The minimum Gasteiger partial charge on any atom is -0.356 e. The first-order chi connectivity index (χ1) is 20.9. The predicted molar refractivity (Wildman–Crippen MR) is 188 cm³/mol. The molecule has 0 radical (unpaired) electrons. The number of hydrogen-bond donors (Lipinski definition) is 1. The minimum absolute atomic E-state index is 0.0802. The van der Waals surface area contributed by atoms with Crippen LogP contribution in [0.3, 0.4) is 0 Å². The lowest BCUT2D eigenvalue weighted by molar-refractivity contribution is 0.591. The normalized spacial score (nSPS) is 12.1. The van der Waals surface area contributed by atoms with Crippen LogP contribution in [-0.2, 0) is 5.41 Å². The van der Waals surface area contributed by atoms with E-state index in [9.17, 15) is 0 Å². The molecule has 0 aliphatic rings. The van der Waals surface area contributed by atoms with Crippen molar-refractivity contribution in [1.82, 2.24) is 4.57 Å². The lowest BCUT2D eigenvalue weighted by Crippen LogP contribution is -2.10. The third-order valence-electron chi connectivity index (χ3n) is 8.53. The van der Waals surface area contributed by atoms with Gasteiger partial charge in [-0.25, -0.2) is 0 Å². The molecule has 2 nitrogen and oxygen atoms in total. The molecule has 0 saturated heterocycles. The Bertz CT molecular complexity index is 2280. The third kappa shape index (κ3) is 4.48. The first-order valence-corrected chi connectivity index (χ1v) is 15.7. The van der Waals surface area contributed by atoms with Crippen molar-refractivity contribution in [3.05, 3.63) is 139 Å². The average Bonchev–Trinajstić information content (AvgIpc) is 3.56. The molecule has 3 heteroatoms. The molecule has 8 aromatic rings. The minimum atomic E-state index is 0.0802. The molecule has 1 N–H and O–H groups in total. The lowest BCUT2D eigenvalue weighted by Gasteiger charge is -2.19. The van der Waals surface area contributed by atoms with Gasteiger partial charge >= 0.3 is 0 Å². The zero-order valence-corrected chi connectivity index (χ0v) is 25.4. The van der Waals surface area contributed by atoms with Crippen molar-refractivity contribution >= 4 is 64.7 Å². The van der Waals surface area contributed by atoms with E-state index in [-0.39, 0.29) is 5.41 Å². The average molecular weight is 573 g/mol. The van der Waals surface area contributed by atoms with Crippen molar-refractivity contribution in [1.29, 1.82) is 0 Å². The van der Waals surface area contributed by atoms with Gasteiger partial charge in [-0.2, -0.15) is 0 Å². The van der Waals surface area contributed by atoms with Gasteiger partial charge in [0.1, 0.15) is 0 Å². The molecular weight excluding hydrogens is 541 g/mol. The highest BCUT2D eigenvalue weighted by Gasteiger charge is 2.18. The summed E-state index contributed by atoms with van der Waals surface area (Å²) in [5.74, 6) is 0. The zero-order chi connectivity index (χ0) is 29.1. The van der Waals surface area contributed by atoms with Crippen LogP contribution in [-0.4, -0.2) is 4.57 Å². The molecule has 0 atom stereocenters. The fraction of sp³-hybridized carbons (Fsp3) is 0.100. The van der Waals surface area contributed by atoms with Crippen molar-refractivity contribution in [2.75, 3.05) is 5.32 Å². The van der Waals surface area contributed by atoms with E-state index in [2.05, 4.69) is 164 Å². The molecule has 0 bridgehead atoms. The predicted octanol–water partition coefficient (Wildman–Crippen LogP) is 11.9. The summed E-state index contributed by atoms with van der Waals surface area (Å²) < 4.78 is 5.04. The van der Waals surface area contributed by atoms with Gasteiger partial charge in [-0.15, -0.1) is 11.3 Å². The van der Waals surface area contributed by atoms with E-state index in [1.165, 1.54) is 64.4 Å². The number of nitrogens with zero attached hydrogens (tertiary/aromatic N) is 1. The maximum atomic E-state index is 3.63. The quantitative estimate of drug-likeness (QED) is 0.222. The molecule has 43 heavy (non-hydrogen) atoms. The first-order valence-electron chi connectivity index (χ1n) is 14.9. The topological polar surface area (TPSA) is 17.0 Å². The molecule has 0 unspecified atom stereocenters. The van der Waals surface area contributed by atoms with Crippen LogP contribution >= 0.6 is 11.3 Å². The molecule has 2 heterocycles. The van der Waals surface area contributed by atoms with Crippen LogP contribution in [0.2, 0.25) is 0 Å². The summed E-state index contributed by atoms with van der Waals surface area (Å²) in [7, 11) is 0. The van der Waals surface area contributed by atoms with E-state index in [0.29, 0.717) is 0 Å². The molecule has 0 saturated carbocycles. The Labute approximate surface area is 255 Å². The van der Waals surface area contributed by atoms with Crippen molar-refractivity contribution in [2.24, 2.45) is 0 Å². The van der Waals surface area contributed by atoms with Crippen LogP contribution in [0.5, 0.6) is 0 Å². The number of para-hydroxylation sites is 1. The third-order valence-corrected chi connectivity index (χ3v) is 9.68. The molecule has 8 rings (SSSR count). The molecule has 208 valence electrons. The van der Waals surface area contributed by atoms with Crippen LogP contribution in [0.1, 0.15) is 26.3 Å². The SMILES string of the molecule is CC(C)(C)c1ccc2c(c1)c1cc(-c3ccc(Nc4ccc5sc6ccccc6c5c4)cc3)ccc1n2-c1ccccc1. The van der Waals surface area contributed by atoms with Gasteiger partial charge in [-0.3, -0.25) is 0 Å². The Balaban J connectivity index is 1.17. The summed E-state index contributed by atoms with van der Waals surface area (Å²) >= 11 is 1.85. The van der Waals surface area contributed by atoms with Crippen molar-refractivity contribution in [2.45, 2.75) is 26.2 Å². The molecule has 0 aliphatic carbocycles. The van der Waals surface area contributed by atoms with Crippen LogP contribution in [0, 0.1) is 0 Å². The van der Waals surface area contributed by atoms with Gasteiger partial charge in [0.25, 0.3) is 0 Å². The van der Waals surface area contributed by atoms with Crippen LogP contribution < -0.4 is 5.32 Å². The van der Waals surface area contributed by atoms with Crippen molar-refractivity contribution in [3.8, 4) is 16.8 Å². The highest BCUT2D eigenvalue weighted by Crippen LogP contribution is 2.38. The lowest BCUT2D eigenvalue weighted by atomic mass is 9.86. The Morgan fingerprint density at radius 1 is 0.512 bits per heavy atom. The number of hydrogen-bond acceptors (Lipinski definition) is 2. The fourth-order valence-corrected chi connectivity index (χ4v) is 7.33. The van der Waals surface area contributed by atoms with Gasteiger partial charge in [0.2, 0.25) is 0 Å². The van der Waals surface area contributed by atoms with Gasteiger partial charge in [0.05, 0.1) is 11.0 Å². The number of nitrogens with one attached hydrogen (secondary N) is 1. The highest BCUT2D eigenvalue weighted by molar-refractivity contribution is 7.25. The van der Waals surface area contributed by atoms with Crippen molar-refractivity contribution in [3.63, 3.8) is 0 Å². The van der Waals surface area contributed by atoms with Crippen LogP contribution in [0.4, 0.5) is 11.4 Å². The first kappa shape index (κ1) is 25.8. The number of anilines is 2. The van der Waals surface area contributed by atoms with Crippen LogP contribution in [0.15, 0.2) is 133 Å². The number of fused-ring (bicyclic) bond motifs is 6. The maximum Gasteiger partial charge on any atom is 0.0541 e. The molecular formula is C40H32N2S. The Kier molecular flexibility index (Phi) is 5.92. The molecule has 0 fully saturated rings. The molecule has 0 spiro atoms. The van der Waals surface area contributed by atoms with E-state index < -0.39 is 0 Å². The van der Waals surface area contributed by atoms with E-state index in [4.69, 9.17) is 0 Å². The van der Waals surface area contributed by atoms with E-state index in [1.54, 1.807) is 0 Å². The van der Waals surface area contributed by atoms with Gasteiger partial charge in [-0.05, 0) is 94.9 Å². The maximum absolute atomic E-state index is 3.63. The number of thiophene rings is 1. The van der Waals surface area contributed by atoms with E-state index >= 15 is 0 Å². The van der Waals surface area contributed by atoms with Crippen LogP contribution in [0.25, 0.3) is 58.8 Å². The second-order valence-electron chi connectivity index (χ2n) is 12.4. The monoisotopic (exact) mass is 572 g/mol. The summed E-state index contributed by atoms with van der Waals surface area (Å²) in [6.07, 6.45) is 0. The number of aromatic nitrogens is 1. The van der Waals surface area contributed by atoms with Gasteiger partial charge < -0.3 is 9.88 Å². The Hall–Kier alpha value is -4.86. The van der Waals surface area contributed by atoms with Gasteiger partial charge in [0, 0.05) is 48.0 Å². The van der Waals surface area contributed by atoms with Crippen molar-refractivity contribution < 1.29 is 0 Å². The molecule has 2 aromatic heterocycles. The Morgan fingerprint density at radius 3 is 1.95 bits per heavy atom. The summed E-state index contributed by atoms with van der Waals surface area (Å²) in [5, 5.41) is 8.82. The number of benzene rings is 6. The smallest absolute Gasteiger partial charge is 0.0541 e. The summed E-state index contributed by atoms with van der Waals surface area (Å²) in [4.78, 5) is 0. The fourth-order valence-electron chi connectivity index (χ4n) is 6.24. The summed E-state index contributed by atoms with van der Waals surface area (Å²) in [6.45, 7) is 6.85. The Morgan fingerprint density at radius 2 is 1.16 bits per heavy atom. The van der Waals surface area contributed by atoms with E-state index in [1.807, 2.05) is 11.3 Å². The zero-order valence-electron chi connectivity index (χ0n) is 24.6. The number of rotatable bonds is 4. The van der Waals surface area contributed by atoms with Gasteiger partial charge in [0.15, 0.2) is 0 Å². The van der Waals surface area contributed by atoms with E-state index in [0.717, 1.165) is 11.4 Å².